The lowest BCUT2D eigenvalue weighted by molar-refractivity contribution is -0.146. The van der Waals surface area contributed by atoms with E-state index in [1.807, 2.05) is 37.8 Å². The second kappa shape index (κ2) is 6.29. The molecule has 1 atom stereocenters. The van der Waals surface area contributed by atoms with Crippen LogP contribution in [0.4, 0.5) is 0 Å². The molecule has 1 amide bonds. The van der Waals surface area contributed by atoms with Gasteiger partial charge in [-0.15, -0.1) is 0 Å². The zero-order chi connectivity index (χ0) is 15.6. The Hall–Kier alpha value is -1.84. The molecule has 0 bridgehead atoms. The zero-order valence-corrected chi connectivity index (χ0v) is 12.9. The molecule has 1 fully saturated rings. The van der Waals surface area contributed by atoms with Crippen molar-refractivity contribution >= 4 is 11.9 Å². The Morgan fingerprint density at radius 3 is 2.43 bits per heavy atom. The summed E-state index contributed by atoms with van der Waals surface area (Å²) >= 11 is 0. The molecule has 1 aliphatic rings. The van der Waals surface area contributed by atoms with Gasteiger partial charge in [0.15, 0.2) is 0 Å². The van der Waals surface area contributed by atoms with E-state index in [9.17, 15) is 9.59 Å². The number of likely N-dealkylation sites (tertiary alicyclic amines) is 1. The third kappa shape index (κ3) is 3.43. The van der Waals surface area contributed by atoms with Crippen molar-refractivity contribution in [2.75, 3.05) is 13.1 Å². The van der Waals surface area contributed by atoms with E-state index < -0.39 is 5.97 Å². The third-order valence-corrected chi connectivity index (χ3v) is 4.43. The normalized spacial score (nSPS) is 17.6. The largest absolute Gasteiger partial charge is 0.481 e. The van der Waals surface area contributed by atoms with Gasteiger partial charge in [-0.2, -0.15) is 0 Å². The molecule has 0 aromatic heterocycles. The van der Waals surface area contributed by atoms with Crippen LogP contribution in [0.2, 0.25) is 0 Å². The summed E-state index contributed by atoms with van der Waals surface area (Å²) in [5.41, 5.74) is 3.35. The summed E-state index contributed by atoms with van der Waals surface area (Å²) in [4.78, 5) is 25.4. The van der Waals surface area contributed by atoms with Crippen molar-refractivity contribution in [3.05, 3.63) is 34.9 Å². The van der Waals surface area contributed by atoms with Gasteiger partial charge in [-0.25, -0.2) is 0 Å². The maximum absolute atomic E-state index is 12.6. The molecule has 2 rings (SSSR count). The second-order valence-electron chi connectivity index (χ2n) is 6.02. The van der Waals surface area contributed by atoms with Crippen molar-refractivity contribution in [3.63, 3.8) is 0 Å². The van der Waals surface area contributed by atoms with Gasteiger partial charge in [0.1, 0.15) is 0 Å². The molecule has 0 aliphatic carbocycles. The average molecular weight is 289 g/mol. The van der Waals surface area contributed by atoms with Gasteiger partial charge in [0.25, 0.3) is 0 Å². The Labute approximate surface area is 125 Å². The molecule has 1 aromatic rings. The molecule has 114 valence electrons. The molecule has 1 aromatic carbocycles. The van der Waals surface area contributed by atoms with E-state index >= 15 is 0 Å². The predicted molar refractivity (Wildman–Crippen MR) is 81.3 cm³/mol. The minimum absolute atomic E-state index is 0.104. The fourth-order valence-electron chi connectivity index (χ4n) is 2.98. The highest BCUT2D eigenvalue weighted by Crippen LogP contribution is 2.25. The number of benzene rings is 1. The number of carbonyl (C=O) groups is 2. The van der Waals surface area contributed by atoms with Crippen LogP contribution in [0, 0.1) is 19.8 Å². The summed E-state index contributed by atoms with van der Waals surface area (Å²) in [6.07, 6.45) is 1.11. The van der Waals surface area contributed by atoms with Crippen LogP contribution in [0.5, 0.6) is 0 Å². The quantitative estimate of drug-likeness (QED) is 0.930. The molecule has 4 heteroatoms. The van der Waals surface area contributed by atoms with Crippen LogP contribution in [0.15, 0.2) is 18.2 Å². The predicted octanol–water partition coefficient (Wildman–Crippen LogP) is 2.73. The van der Waals surface area contributed by atoms with E-state index in [2.05, 4.69) is 6.07 Å². The molecule has 0 radical (unpaired) electrons. The molecular weight excluding hydrogens is 266 g/mol. The number of carboxylic acids is 1. The summed E-state index contributed by atoms with van der Waals surface area (Å²) in [7, 11) is 0. The highest BCUT2D eigenvalue weighted by Gasteiger charge is 2.29. The van der Waals surface area contributed by atoms with E-state index in [1.54, 1.807) is 0 Å². The van der Waals surface area contributed by atoms with Crippen LogP contribution < -0.4 is 0 Å². The van der Waals surface area contributed by atoms with Crippen molar-refractivity contribution in [2.45, 2.75) is 39.5 Å². The first-order chi connectivity index (χ1) is 9.90. The molecule has 0 saturated carbocycles. The number of carbonyl (C=O) groups excluding carboxylic acids is 1. The van der Waals surface area contributed by atoms with Crippen LogP contribution in [0.3, 0.4) is 0 Å². The number of hydrogen-bond donors (Lipinski definition) is 1. The van der Waals surface area contributed by atoms with Gasteiger partial charge >= 0.3 is 5.97 Å². The lowest BCUT2D eigenvalue weighted by atomic mass is 9.91. The third-order valence-electron chi connectivity index (χ3n) is 4.43. The first-order valence-corrected chi connectivity index (χ1v) is 7.49. The Kier molecular flexibility index (Phi) is 4.66. The van der Waals surface area contributed by atoms with Crippen molar-refractivity contribution in [1.82, 2.24) is 4.90 Å². The fraction of sp³-hybridized carbons (Fsp3) is 0.529. The van der Waals surface area contributed by atoms with Crippen molar-refractivity contribution in [3.8, 4) is 0 Å². The second-order valence-corrected chi connectivity index (χ2v) is 6.02. The topological polar surface area (TPSA) is 57.6 Å². The number of aliphatic carboxylic acids is 1. The minimum Gasteiger partial charge on any atom is -0.481 e. The maximum atomic E-state index is 12.6. The van der Waals surface area contributed by atoms with Gasteiger partial charge in [0.05, 0.1) is 11.8 Å². The van der Waals surface area contributed by atoms with Gasteiger partial charge in [0.2, 0.25) is 5.91 Å². The number of hydrogen-bond acceptors (Lipinski definition) is 2. The molecule has 1 N–H and O–H groups in total. The number of amides is 1. The van der Waals surface area contributed by atoms with Crippen molar-refractivity contribution in [2.24, 2.45) is 5.92 Å². The Bertz CT molecular complexity index is 545. The van der Waals surface area contributed by atoms with Gasteiger partial charge in [0, 0.05) is 13.1 Å². The monoisotopic (exact) mass is 289 g/mol. The molecule has 0 spiro atoms. The standard InChI is InChI=1S/C17H23NO3/c1-11-4-5-12(2)15(10-11)13(3)16(19)18-8-6-14(7-9-18)17(20)21/h4-5,10,13-14H,6-9H2,1-3H3,(H,20,21). The Balaban J connectivity index is 2.06. The molecule has 21 heavy (non-hydrogen) atoms. The zero-order valence-electron chi connectivity index (χ0n) is 12.9. The number of rotatable bonds is 3. The summed E-state index contributed by atoms with van der Waals surface area (Å²) in [6, 6.07) is 6.17. The number of aryl methyl sites for hydroxylation is 2. The summed E-state index contributed by atoms with van der Waals surface area (Å²) in [5.74, 6) is -1.12. The van der Waals surface area contributed by atoms with E-state index in [4.69, 9.17) is 5.11 Å². The molecule has 1 unspecified atom stereocenters. The number of carboxylic acid groups (broad SMARTS) is 1. The molecule has 1 heterocycles. The first-order valence-electron chi connectivity index (χ1n) is 7.49. The smallest absolute Gasteiger partial charge is 0.306 e. The van der Waals surface area contributed by atoms with Crippen molar-refractivity contribution in [1.29, 1.82) is 0 Å². The van der Waals surface area contributed by atoms with Crippen LogP contribution in [0.1, 0.15) is 42.4 Å². The lowest BCUT2D eigenvalue weighted by Crippen LogP contribution is -2.42. The molecular formula is C17H23NO3. The molecule has 1 aliphatic heterocycles. The number of nitrogens with zero attached hydrogens (tertiary/aromatic N) is 1. The van der Waals surface area contributed by atoms with Gasteiger partial charge < -0.3 is 10.0 Å². The first kappa shape index (κ1) is 15.5. The average Bonchev–Trinajstić information content (AvgIpc) is 2.48. The van der Waals surface area contributed by atoms with Crippen molar-refractivity contribution < 1.29 is 14.7 Å². The summed E-state index contributed by atoms with van der Waals surface area (Å²) in [5, 5.41) is 9.01. The number of piperidine rings is 1. The summed E-state index contributed by atoms with van der Waals surface area (Å²) < 4.78 is 0. The van der Waals surface area contributed by atoms with Gasteiger partial charge in [-0.1, -0.05) is 23.8 Å². The summed E-state index contributed by atoms with van der Waals surface area (Å²) in [6.45, 7) is 7.08. The van der Waals surface area contributed by atoms with Crippen LogP contribution in [0.25, 0.3) is 0 Å². The molecule has 1 saturated heterocycles. The maximum Gasteiger partial charge on any atom is 0.306 e. The van der Waals surface area contributed by atoms with Gasteiger partial charge in [-0.3, -0.25) is 9.59 Å². The van der Waals surface area contributed by atoms with Crippen LogP contribution in [-0.4, -0.2) is 35.0 Å². The van der Waals surface area contributed by atoms with Crippen LogP contribution >= 0.6 is 0 Å². The SMILES string of the molecule is Cc1ccc(C)c(C(C)C(=O)N2CCC(C(=O)O)CC2)c1. The van der Waals surface area contributed by atoms with E-state index in [0.717, 1.165) is 16.7 Å². The minimum atomic E-state index is -0.746. The van der Waals surface area contributed by atoms with E-state index in [-0.39, 0.29) is 17.7 Å². The lowest BCUT2D eigenvalue weighted by Gasteiger charge is -2.32. The Morgan fingerprint density at radius 2 is 1.86 bits per heavy atom. The van der Waals surface area contributed by atoms with E-state index in [1.165, 1.54) is 0 Å². The highest BCUT2D eigenvalue weighted by atomic mass is 16.4. The molecule has 4 nitrogen and oxygen atoms in total. The Morgan fingerprint density at radius 1 is 1.24 bits per heavy atom. The fourth-order valence-corrected chi connectivity index (χ4v) is 2.98. The van der Waals surface area contributed by atoms with Crippen LogP contribution in [-0.2, 0) is 9.59 Å². The highest BCUT2D eigenvalue weighted by molar-refractivity contribution is 5.84. The van der Waals surface area contributed by atoms with E-state index in [0.29, 0.717) is 25.9 Å². The van der Waals surface area contributed by atoms with Gasteiger partial charge in [-0.05, 0) is 44.7 Å².